The second-order valence-electron chi connectivity index (χ2n) is 16.6. The number of carboxylic acids is 2. The number of pyridine rings is 2. The Morgan fingerprint density at radius 2 is 1.06 bits per heavy atom. The van der Waals surface area contributed by atoms with Crippen LogP contribution in [0.25, 0.3) is 11.1 Å². The molecular weight excluding hydrogens is 1050 g/mol. The molecule has 0 unspecified atom stereocenters. The molecule has 2 heterocycles. The number of nitrogens with one attached hydrogen (secondary N) is 2. The number of aliphatic carboxylic acids is 2. The number of aromatic nitrogens is 2. The summed E-state index contributed by atoms with van der Waals surface area (Å²) in [7, 11) is 0. The van der Waals surface area contributed by atoms with Gasteiger partial charge in [-0.05, 0) is 139 Å². The molecule has 2 atom stereocenters. The summed E-state index contributed by atoms with van der Waals surface area (Å²) in [5.41, 5.74) is 8.33. The van der Waals surface area contributed by atoms with Crippen molar-refractivity contribution < 1.29 is 57.7 Å². The average Bonchev–Trinajstić information content (AvgIpc) is 3.32. The fourth-order valence-corrected chi connectivity index (χ4v) is 8.35. The number of aliphatic hydroxyl groups is 2. The molecule has 0 spiro atoms. The first kappa shape index (κ1) is 53.8. The van der Waals surface area contributed by atoms with E-state index in [1.807, 2.05) is 56.3 Å². The van der Waals surface area contributed by atoms with E-state index in [9.17, 15) is 33.8 Å². The number of benzene rings is 4. The van der Waals surface area contributed by atoms with E-state index in [2.05, 4.69) is 47.5 Å². The topological polar surface area (TPSA) is 226 Å². The number of nitrogens with zero attached hydrogens (tertiary/aromatic N) is 3. The number of aryl methyl sites for hydroxylation is 1. The highest BCUT2D eigenvalue weighted by atomic mass is 79.9. The minimum atomic E-state index is -1.13. The number of carboxylic acid groups (broad SMARTS) is 2. The van der Waals surface area contributed by atoms with Gasteiger partial charge in [0, 0.05) is 37.3 Å². The molecule has 0 saturated heterocycles. The van der Waals surface area contributed by atoms with Crippen LogP contribution in [0.2, 0.25) is 0 Å². The lowest BCUT2D eigenvalue weighted by Crippen LogP contribution is -2.28. The summed E-state index contributed by atoms with van der Waals surface area (Å²) in [4.78, 5) is 31.5. The molecule has 6 aromatic rings. The van der Waals surface area contributed by atoms with Crippen LogP contribution in [0, 0.1) is 43.7 Å². The second-order valence-corrected chi connectivity index (χ2v) is 18.3. The molecule has 4 aromatic carbocycles. The number of nitriles is 1. The van der Waals surface area contributed by atoms with E-state index in [-0.39, 0.29) is 87.5 Å². The van der Waals surface area contributed by atoms with Crippen molar-refractivity contribution in [2.75, 3.05) is 13.1 Å². The Labute approximate surface area is 425 Å². The van der Waals surface area contributed by atoms with Crippen LogP contribution in [0.15, 0.2) is 93.9 Å². The standard InChI is InChI=1S/C52H51Br2F2N5O10/c1-29-14-32(10-12-45(29)55)25-68-49-37(21-58-23-39(62)18-47(64)65)16-43(53)51(60-49)70-27-34-6-4-8-41(30(34)2)42-9-5-7-35(31(42)3)28-71-52-44(54)17-38(22-59-24-40(63)19-48(66)67)50(61-52)69-26-33-11-13-46(56)36(15-33)20-57/h4-17,39-40,58-59,62-63H,18-19,21-28H2,1-3H3,(H,64,65)(H,66,67)/t39-,40-/m0/s1. The second kappa shape index (κ2) is 25.5. The highest BCUT2D eigenvalue weighted by Crippen LogP contribution is 2.35. The molecule has 15 nitrogen and oxygen atoms in total. The monoisotopic (exact) mass is 1100 g/mol. The maximum atomic E-state index is 14.1. The first-order valence-corrected chi connectivity index (χ1v) is 23.8. The largest absolute Gasteiger partial charge is 0.481 e. The zero-order valence-electron chi connectivity index (χ0n) is 38.9. The number of ether oxygens (including phenoxy) is 4. The molecule has 6 rings (SSSR count). The lowest BCUT2D eigenvalue weighted by atomic mass is 9.92. The van der Waals surface area contributed by atoms with E-state index >= 15 is 0 Å². The molecule has 372 valence electrons. The summed E-state index contributed by atoms with van der Waals surface area (Å²) in [6.45, 7) is 6.29. The van der Waals surface area contributed by atoms with Crippen molar-refractivity contribution >= 4 is 43.8 Å². The Morgan fingerprint density at radius 3 is 1.49 bits per heavy atom. The molecule has 0 amide bonds. The first-order valence-electron chi connectivity index (χ1n) is 22.2. The fourth-order valence-electron chi connectivity index (χ4n) is 7.39. The predicted octanol–water partition coefficient (Wildman–Crippen LogP) is 8.91. The van der Waals surface area contributed by atoms with E-state index < -0.39 is 42.8 Å². The smallest absolute Gasteiger partial charge is 0.306 e. The molecule has 71 heavy (non-hydrogen) atoms. The lowest BCUT2D eigenvalue weighted by molar-refractivity contribution is -0.140. The van der Waals surface area contributed by atoms with Crippen LogP contribution in [0.1, 0.15) is 68.5 Å². The van der Waals surface area contributed by atoms with Crippen molar-refractivity contribution in [2.45, 2.75) is 85.3 Å². The minimum absolute atomic E-state index is 0.0113. The van der Waals surface area contributed by atoms with E-state index in [1.54, 1.807) is 31.2 Å². The Hall–Kier alpha value is -6.53. The highest BCUT2D eigenvalue weighted by Gasteiger charge is 2.20. The molecule has 0 aliphatic carbocycles. The van der Waals surface area contributed by atoms with Gasteiger partial charge in [0.05, 0.1) is 39.6 Å². The molecule has 0 aliphatic rings. The van der Waals surface area contributed by atoms with Crippen molar-refractivity contribution in [3.05, 3.63) is 161 Å². The molecule has 0 saturated carbocycles. The van der Waals surface area contributed by atoms with Crippen LogP contribution in [0.4, 0.5) is 8.78 Å². The highest BCUT2D eigenvalue weighted by molar-refractivity contribution is 9.10. The maximum absolute atomic E-state index is 14.1. The number of rotatable bonds is 25. The number of carbonyl (C=O) groups is 2. The van der Waals surface area contributed by atoms with Crippen molar-refractivity contribution in [3.8, 4) is 40.7 Å². The Bertz CT molecular complexity index is 2920. The number of halogens is 4. The molecule has 0 radical (unpaired) electrons. The molecule has 0 fully saturated rings. The molecule has 19 heteroatoms. The van der Waals surface area contributed by atoms with Crippen LogP contribution in [0.5, 0.6) is 23.5 Å². The van der Waals surface area contributed by atoms with Gasteiger partial charge >= 0.3 is 11.9 Å². The molecule has 2 aromatic heterocycles. The van der Waals surface area contributed by atoms with Crippen LogP contribution < -0.4 is 29.6 Å². The number of aliphatic hydroxyl groups excluding tert-OH is 2. The zero-order valence-corrected chi connectivity index (χ0v) is 42.1. The Morgan fingerprint density at radius 1 is 0.620 bits per heavy atom. The summed E-state index contributed by atoms with van der Waals surface area (Å²) < 4.78 is 53.9. The van der Waals surface area contributed by atoms with Gasteiger partial charge in [-0.1, -0.05) is 48.5 Å². The first-order chi connectivity index (χ1) is 34.0. The van der Waals surface area contributed by atoms with Crippen LogP contribution in [-0.2, 0) is 49.1 Å². The number of hydrogen-bond acceptors (Lipinski definition) is 13. The lowest BCUT2D eigenvalue weighted by Gasteiger charge is -2.18. The van der Waals surface area contributed by atoms with Crippen LogP contribution in [0.3, 0.4) is 0 Å². The molecule has 0 aliphatic heterocycles. The third-order valence-corrected chi connectivity index (χ3v) is 12.3. The predicted molar refractivity (Wildman–Crippen MR) is 265 cm³/mol. The van der Waals surface area contributed by atoms with Crippen molar-refractivity contribution in [3.63, 3.8) is 0 Å². The van der Waals surface area contributed by atoms with Gasteiger partial charge in [-0.2, -0.15) is 15.2 Å². The van der Waals surface area contributed by atoms with Gasteiger partial charge in [0.15, 0.2) is 0 Å². The molecule has 0 bridgehead atoms. The van der Waals surface area contributed by atoms with E-state index in [4.69, 9.17) is 34.1 Å². The van der Waals surface area contributed by atoms with E-state index in [1.165, 1.54) is 24.3 Å². The van der Waals surface area contributed by atoms with Gasteiger partial charge in [-0.3, -0.25) is 9.59 Å². The summed E-state index contributed by atoms with van der Waals surface area (Å²) >= 11 is 7.15. The van der Waals surface area contributed by atoms with Gasteiger partial charge in [0.2, 0.25) is 23.5 Å². The summed E-state index contributed by atoms with van der Waals surface area (Å²) in [6, 6.07) is 25.9. The van der Waals surface area contributed by atoms with Gasteiger partial charge < -0.3 is 50.0 Å². The third kappa shape index (κ3) is 15.2. The van der Waals surface area contributed by atoms with Crippen molar-refractivity contribution in [1.29, 1.82) is 5.26 Å². The van der Waals surface area contributed by atoms with E-state index in [0.717, 1.165) is 38.9 Å². The SMILES string of the molecule is Cc1cc(COc2nc(OCc3cccc(-c4cccc(COc5nc(OCc6ccc(F)c(C#N)c6)c(CNC[C@@H](O)CC(=O)O)cc5Br)c4C)c3C)c(Br)cc2CNC[C@@H](O)CC(=O)O)ccc1F. The van der Waals surface area contributed by atoms with Gasteiger partial charge in [-0.15, -0.1) is 0 Å². The third-order valence-electron chi connectivity index (χ3n) is 11.2. The minimum Gasteiger partial charge on any atom is -0.481 e. The van der Waals surface area contributed by atoms with Crippen molar-refractivity contribution in [1.82, 2.24) is 20.6 Å². The Kier molecular flexibility index (Phi) is 19.4. The Balaban J connectivity index is 1.18. The van der Waals surface area contributed by atoms with E-state index in [0.29, 0.717) is 31.2 Å². The summed E-state index contributed by atoms with van der Waals surface area (Å²) in [6.07, 6.45) is -3.07. The zero-order chi connectivity index (χ0) is 51.2. The molecular formula is C52H51Br2F2N5O10. The summed E-state index contributed by atoms with van der Waals surface area (Å²) in [5, 5.41) is 53.7. The van der Waals surface area contributed by atoms with Gasteiger partial charge in [0.25, 0.3) is 0 Å². The quantitative estimate of drug-likeness (QED) is 0.0315. The van der Waals surface area contributed by atoms with Crippen molar-refractivity contribution in [2.24, 2.45) is 0 Å². The van der Waals surface area contributed by atoms with Crippen LogP contribution in [-0.4, -0.2) is 67.6 Å². The maximum Gasteiger partial charge on any atom is 0.306 e. The normalized spacial score (nSPS) is 11.9. The fraction of sp³-hybridized carbons (Fsp3) is 0.288. The number of hydrogen-bond donors (Lipinski definition) is 6. The van der Waals surface area contributed by atoms with Gasteiger partial charge in [0.1, 0.15) is 44.1 Å². The van der Waals surface area contributed by atoms with Gasteiger partial charge in [-0.25, -0.2) is 8.78 Å². The average molecular weight is 1100 g/mol. The van der Waals surface area contributed by atoms with Crippen LogP contribution >= 0.6 is 31.9 Å². The summed E-state index contributed by atoms with van der Waals surface area (Å²) in [5.74, 6) is -2.38. The molecule has 6 N–H and O–H groups in total.